The number of nitrogens with one attached hydrogen (secondary N) is 1. The fourth-order valence-corrected chi connectivity index (χ4v) is 3.98. The van der Waals surface area contributed by atoms with Crippen LogP contribution in [-0.4, -0.2) is 32.3 Å². The van der Waals surface area contributed by atoms with Gasteiger partial charge < -0.3 is 14.8 Å². The molecular formula is C23H26N4O2. The van der Waals surface area contributed by atoms with Crippen LogP contribution >= 0.6 is 0 Å². The summed E-state index contributed by atoms with van der Waals surface area (Å²) < 4.78 is 2.03. The predicted octanol–water partition coefficient (Wildman–Crippen LogP) is 3.43. The maximum Gasteiger partial charge on any atom is 0.255 e. The Morgan fingerprint density at radius 2 is 1.76 bits per heavy atom. The van der Waals surface area contributed by atoms with Gasteiger partial charge in [-0.3, -0.25) is 9.59 Å². The number of benzene rings is 2. The molecule has 150 valence electrons. The lowest BCUT2D eigenvalue weighted by atomic mass is 10.0. The number of para-hydroxylation sites is 2. The molecule has 1 aromatic heterocycles. The van der Waals surface area contributed by atoms with Crippen LogP contribution in [0, 0.1) is 5.92 Å². The highest BCUT2D eigenvalue weighted by molar-refractivity contribution is 6.01. The molecule has 0 aliphatic carbocycles. The Morgan fingerprint density at radius 1 is 1.07 bits per heavy atom. The van der Waals surface area contributed by atoms with E-state index in [1.165, 1.54) is 0 Å². The summed E-state index contributed by atoms with van der Waals surface area (Å²) in [4.78, 5) is 32.2. The molecule has 2 atom stereocenters. The number of carbonyl (C=O) groups is 2. The molecule has 29 heavy (non-hydrogen) atoms. The fourth-order valence-electron chi connectivity index (χ4n) is 3.98. The Kier molecular flexibility index (Phi) is 4.86. The Balaban J connectivity index is 1.57. The third kappa shape index (κ3) is 3.28. The second-order valence-electron chi connectivity index (χ2n) is 8.01. The second-order valence-corrected chi connectivity index (χ2v) is 8.01. The Labute approximate surface area is 170 Å². The lowest BCUT2D eigenvalue weighted by molar-refractivity contribution is -0.126. The number of nitrogens with zero attached hydrogens (tertiary/aromatic N) is 3. The van der Waals surface area contributed by atoms with E-state index in [0.29, 0.717) is 12.1 Å². The number of hydrogen-bond donors (Lipinski definition) is 1. The number of rotatable bonds is 5. The van der Waals surface area contributed by atoms with E-state index < -0.39 is 6.04 Å². The first kappa shape index (κ1) is 19.2. The van der Waals surface area contributed by atoms with E-state index in [4.69, 9.17) is 4.98 Å². The van der Waals surface area contributed by atoms with Gasteiger partial charge in [0.15, 0.2) is 0 Å². The van der Waals surface area contributed by atoms with Crippen molar-refractivity contribution in [3.05, 3.63) is 65.5 Å². The summed E-state index contributed by atoms with van der Waals surface area (Å²) in [6, 6.07) is 14.7. The normalized spacial score (nSPS) is 15.6. The third-order valence-electron chi connectivity index (χ3n) is 5.76. The van der Waals surface area contributed by atoms with Crippen LogP contribution in [0.15, 0.2) is 48.5 Å². The molecule has 1 aliphatic rings. The van der Waals surface area contributed by atoms with Crippen LogP contribution in [-0.2, 0) is 18.4 Å². The van der Waals surface area contributed by atoms with E-state index in [1.807, 2.05) is 60.1 Å². The van der Waals surface area contributed by atoms with Gasteiger partial charge in [0.25, 0.3) is 5.91 Å². The van der Waals surface area contributed by atoms with Crippen LogP contribution in [0.1, 0.15) is 48.6 Å². The van der Waals surface area contributed by atoms with E-state index >= 15 is 0 Å². The van der Waals surface area contributed by atoms with E-state index in [0.717, 1.165) is 22.4 Å². The average molecular weight is 390 g/mol. The highest BCUT2D eigenvalue weighted by Gasteiger charge is 2.35. The van der Waals surface area contributed by atoms with E-state index in [2.05, 4.69) is 19.2 Å². The summed E-state index contributed by atoms with van der Waals surface area (Å²) in [5.74, 6) is 0.704. The van der Waals surface area contributed by atoms with Gasteiger partial charge in [0.05, 0.1) is 17.1 Å². The van der Waals surface area contributed by atoms with Gasteiger partial charge in [0.1, 0.15) is 11.9 Å². The molecule has 4 rings (SSSR count). The van der Waals surface area contributed by atoms with Gasteiger partial charge >= 0.3 is 0 Å². The number of amides is 2. The van der Waals surface area contributed by atoms with Crippen LogP contribution in [0.25, 0.3) is 11.0 Å². The van der Waals surface area contributed by atoms with Crippen molar-refractivity contribution >= 4 is 22.8 Å². The standard InChI is InChI=1S/C23H26N4O2/c1-14(2)20(21-24-18-11-7-8-12-19(18)26(21)4)25-22(28)15(3)27-13-16-9-5-6-10-17(16)23(27)29/h5-12,14-15,20H,13H2,1-4H3,(H,25,28)/t15-,20+/m1/s1. The molecule has 0 fully saturated rings. The zero-order valence-corrected chi connectivity index (χ0v) is 17.2. The van der Waals surface area contributed by atoms with Gasteiger partial charge in [-0.1, -0.05) is 44.2 Å². The van der Waals surface area contributed by atoms with Crippen LogP contribution in [0.3, 0.4) is 0 Å². The highest BCUT2D eigenvalue weighted by atomic mass is 16.2. The largest absolute Gasteiger partial charge is 0.344 e. The monoisotopic (exact) mass is 390 g/mol. The Hall–Kier alpha value is -3.15. The van der Waals surface area contributed by atoms with Crippen LogP contribution in [0.2, 0.25) is 0 Å². The highest BCUT2D eigenvalue weighted by Crippen LogP contribution is 2.27. The quantitative estimate of drug-likeness (QED) is 0.726. The van der Waals surface area contributed by atoms with Crippen molar-refractivity contribution in [3.8, 4) is 0 Å². The number of hydrogen-bond acceptors (Lipinski definition) is 3. The van der Waals surface area contributed by atoms with Gasteiger partial charge in [-0.15, -0.1) is 0 Å². The second kappa shape index (κ2) is 7.35. The molecule has 2 heterocycles. The molecule has 1 N–H and O–H groups in total. The first-order valence-electron chi connectivity index (χ1n) is 9.99. The van der Waals surface area contributed by atoms with Gasteiger partial charge in [0, 0.05) is 19.2 Å². The molecule has 3 aromatic rings. The summed E-state index contributed by atoms with van der Waals surface area (Å²) in [5.41, 5.74) is 3.58. The molecule has 2 amide bonds. The Morgan fingerprint density at radius 3 is 2.45 bits per heavy atom. The minimum Gasteiger partial charge on any atom is -0.344 e. The minimum absolute atomic E-state index is 0.0907. The van der Waals surface area contributed by atoms with Crippen molar-refractivity contribution < 1.29 is 9.59 Å². The maximum absolute atomic E-state index is 13.1. The summed E-state index contributed by atoms with van der Waals surface area (Å²) in [6.07, 6.45) is 0. The Bertz CT molecular complexity index is 1090. The summed E-state index contributed by atoms with van der Waals surface area (Å²) >= 11 is 0. The summed E-state index contributed by atoms with van der Waals surface area (Å²) in [6.45, 7) is 6.37. The zero-order chi connectivity index (χ0) is 20.7. The van der Waals surface area contributed by atoms with Gasteiger partial charge in [0.2, 0.25) is 5.91 Å². The van der Waals surface area contributed by atoms with Crippen molar-refractivity contribution in [2.75, 3.05) is 0 Å². The van der Waals surface area contributed by atoms with Crippen molar-refractivity contribution in [2.45, 2.75) is 39.4 Å². The number of aromatic nitrogens is 2. The number of carbonyl (C=O) groups excluding carboxylic acids is 2. The predicted molar refractivity (Wildman–Crippen MR) is 112 cm³/mol. The first-order chi connectivity index (χ1) is 13.9. The maximum atomic E-state index is 13.1. The van der Waals surface area contributed by atoms with E-state index in [9.17, 15) is 9.59 Å². The van der Waals surface area contributed by atoms with Crippen molar-refractivity contribution in [2.24, 2.45) is 13.0 Å². The van der Waals surface area contributed by atoms with Crippen molar-refractivity contribution in [3.63, 3.8) is 0 Å². The van der Waals surface area contributed by atoms with Crippen LogP contribution in [0.5, 0.6) is 0 Å². The van der Waals surface area contributed by atoms with Crippen LogP contribution < -0.4 is 5.32 Å². The fraction of sp³-hybridized carbons (Fsp3) is 0.348. The molecule has 0 radical (unpaired) electrons. The third-order valence-corrected chi connectivity index (χ3v) is 5.76. The van der Waals surface area contributed by atoms with Gasteiger partial charge in [-0.2, -0.15) is 0 Å². The SMILES string of the molecule is CC(C)[C@H](NC(=O)[C@@H](C)N1Cc2ccccc2C1=O)c1nc2ccccc2n1C. The zero-order valence-electron chi connectivity index (χ0n) is 17.2. The molecule has 0 saturated heterocycles. The lowest BCUT2D eigenvalue weighted by Gasteiger charge is -2.28. The summed E-state index contributed by atoms with van der Waals surface area (Å²) in [7, 11) is 1.97. The molecule has 0 spiro atoms. The molecule has 6 nitrogen and oxygen atoms in total. The minimum atomic E-state index is -0.564. The van der Waals surface area contributed by atoms with Crippen LogP contribution in [0.4, 0.5) is 0 Å². The molecular weight excluding hydrogens is 364 g/mol. The van der Waals surface area contributed by atoms with E-state index in [1.54, 1.807) is 11.8 Å². The van der Waals surface area contributed by atoms with Crippen molar-refractivity contribution in [1.82, 2.24) is 19.8 Å². The number of imidazole rings is 1. The molecule has 0 unspecified atom stereocenters. The molecule has 6 heteroatoms. The lowest BCUT2D eigenvalue weighted by Crippen LogP contribution is -2.47. The first-order valence-corrected chi connectivity index (χ1v) is 9.99. The number of aryl methyl sites for hydroxylation is 1. The van der Waals surface area contributed by atoms with E-state index in [-0.39, 0.29) is 23.8 Å². The molecule has 0 bridgehead atoms. The summed E-state index contributed by atoms with van der Waals surface area (Å²) in [5, 5.41) is 3.14. The van der Waals surface area contributed by atoms with Gasteiger partial charge in [-0.05, 0) is 36.6 Å². The number of fused-ring (bicyclic) bond motifs is 2. The average Bonchev–Trinajstić information content (AvgIpc) is 3.23. The topological polar surface area (TPSA) is 67.2 Å². The van der Waals surface area contributed by atoms with Gasteiger partial charge in [-0.25, -0.2) is 4.98 Å². The molecule has 0 saturated carbocycles. The molecule has 1 aliphatic heterocycles. The van der Waals surface area contributed by atoms with Crippen molar-refractivity contribution in [1.29, 1.82) is 0 Å². The molecule has 2 aromatic carbocycles. The smallest absolute Gasteiger partial charge is 0.255 e.